The van der Waals surface area contributed by atoms with Gasteiger partial charge in [-0.25, -0.2) is 15.0 Å². The van der Waals surface area contributed by atoms with Gasteiger partial charge in [0.1, 0.15) is 11.5 Å². The minimum atomic E-state index is -0.0420. The second-order valence-electron chi connectivity index (χ2n) is 3.05. The number of aliphatic imine (C=N–C) groups is 1. The smallest absolute Gasteiger partial charge is 0.249 e. The van der Waals surface area contributed by atoms with Gasteiger partial charge in [0.15, 0.2) is 0 Å². The van der Waals surface area contributed by atoms with Crippen LogP contribution in [0.25, 0.3) is 0 Å². The van der Waals surface area contributed by atoms with E-state index < -0.39 is 0 Å². The maximum atomic E-state index is 9.48. The Bertz CT molecular complexity index is 512. The molecule has 0 spiro atoms. The Morgan fingerprint density at radius 1 is 1.12 bits per heavy atom. The second-order valence-corrected chi connectivity index (χ2v) is 3.05. The number of rotatable bonds is 2. The van der Waals surface area contributed by atoms with Crippen LogP contribution in [0.15, 0.2) is 41.7 Å². The molecule has 0 unspecified atom stereocenters. The molecule has 5 nitrogen and oxygen atoms in total. The van der Waals surface area contributed by atoms with E-state index in [0.717, 1.165) is 0 Å². The molecule has 1 aromatic carbocycles. The predicted octanol–water partition coefficient (Wildman–Crippen LogP) is 1.64. The molecule has 0 aliphatic carbocycles. The summed E-state index contributed by atoms with van der Waals surface area (Å²) in [5.41, 5.74) is 0.491. The molecule has 0 amide bonds. The lowest BCUT2D eigenvalue weighted by Crippen LogP contribution is -1.83. The Hall–Kier alpha value is -2.43. The first kappa shape index (κ1) is 10.1. The summed E-state index contributed by atoms with van der Waals surface area (Å²) >= 11 is 0. The summed E-state index contributed by atoms with van der Waals surface area (Å²) < 4.78 is 0. The van der Waals surface area contributed by atoms with E-state index >= 15 is 0 Å². The van der Waals surface area contributed by atoms with E-state index in [1.165, 1.54) is 18.3 Å². The standard InChI is InChI=1S/C11H9N3O2/c15-9-3-2-8(10(16)6-9)7-14-11-12-4-1-5-13-11/h1-7,15-16H. The fraction of sp³-hybridized carbons (Fsp3) is 0. The molecule has 2 rings (SSSR count). The largest absolute Gasteiger partial charge is 0.508 e. The van der Waals surface area contributed by atoms with E-state index in [4.69, 9.17) is 5.11 Å². The SMILES string of the molecule is Oc1ccc(C=Nc2ncccn2)c(O)c1. The first-order valence-electron chi connectivity index (χ1n) is 4.59. The molecule has 1 aromatic heterocycles. The van der Waals surface area contributed by atoms with Gasteiger partial charge in [-0.3, -0.25) is 0 Å². The number of benzene rings is 1. The van der Waals surface area contributed by atoms with Crippen molar-refractivity contribution < 1.29 is 10.2 Å². The van der Waals surface area contributed by atoms with Crippen molar-refractivity contribution in [3.05, 3.63) is 42.2 Å². The molecule has 80 valence electrons. The molecule has 1 heterocycles. The van der Waals surface area contributed by atoms with E-state index in [1.807, 2.05) is 0 Å². The molecule has 0 bridgehead atoms. The molecule has 2 aromatic rings. The van der Waals surface area contributed by atoms with Gasteiger partial charge >= 0.3 is 0 Å². The van der Waals surface area contributed by atoms with Crippen LogP contribution in [-0.2, 0) is 0 Å². The van der Waals surface area contributed by atoms with Crippen LogP contribution >= 0.6 is 0 Å². The molecule has 0 atom stereocenters. The zero-order chi connectivity index (χ0) is 11.4. The Morgan fingerprint density at radius 2 is 1.88 bits per heavy atom. The van der Waals surface area contributed by atoms with Gasteiger partial charge in [-0.15, -0.1) is 0 Å². The summed E-state index contributed by atoms with van der Waals surface area (Å²) in [7, 11) is 0. The molecule has 0 fully saturated rings. The molecule has 16 heavy (non-hydrogen) atoms. The van der Waals surface area contributed by atoms with Gasteiger partial charge in [-0.2, -0.15) is 0 Å². The Kier molecular flexibility index (Phi) is 2.77. The third-order valence-electron chi connectivity index (χ3n) is 1.89. The van der Waals surface area contributed by atoms with Crippen molar-refractivity contribution in [1.82, 2.24) is 9.97 Å². The number of nitrogens with zero attached hydrogens (tertiary/aromatic N) is 3. The van der Waals surface area contributed by atoms with Gasteiger partial charge in [-0.1, -0.05) is 0 Å². The van der Waals surface area contributed by atoms with E-state index in [-0.39, 0.29) is 11.5 Å². The van der Waals surface area contributed by atoms with E-state index in [0.29, 0.717) is 11.5 Å². The number of hydrogen-bond donors (Lipinski definition) is 2. The van der Waals surface area contributed by atoms with Gasteiger partial charge in [0.2, 0.25) is 5.95 Å². The molecule has 0 saturated heterocycles. The second kappa shape index (κ2) is 4.39. The minimum absolute atomic E-state index is 0.00520. The van der Waals surface area contributed by atoms with Crippen LogP contribution in [0, 0.1) is 0 Å². The molecule has 5 heteroatoms. The van der Waals surface area contributed by atoms with Crippen LogP contribution in [0.3, 0.4) is 0 Å². The van der Waals surface area contributed by atoms with E-state index in [2.05, 4.69) is 15.0 Å². The lowest BCUT2D eigenvalue weighted by molar-refractivity contribution is 0.450. The third kappa shape index (κ3) is 2.33. The molecular formula is C11H9N3O2. The lowest BCUT2D eigenvalue weighted by atomic mass is 10.2. The molecule has 0 saturated carbocycles. The summed E-state index contributed by atoms with van der Waals surface area (Å²) in [5, 5.41) is 18.6. The van der Waals surface area contributed by atoms with Crippen LogP contribution < -0.4 is 0 Å². The number of hydrogen-bond acceptors (Lipinski definition) is 5. The van der Waals surface area contributed by atoms with Gasteiger partial charge in [0, 0.05) is 30.2 Å². The highest BCUT2D eigenvalue weighted by Crippen LogP contribution is 2.21. The highest BCUT2D eigenvalue weighted by atomic mass is 16.3. The molecule has 0 aliphatic heterocycles. The van der Waals surface area contributed by atoms with Gasteiger partial charge < -0.3 is 10.2 Å². The first-order chi connectivity index (χ1) is 7.75. The van der Waals surface area contributed by atoms with Crippen LogP contribution in [0.4, 0.5) is 5.95 Å². The van der Waals surface area contributed by atoms with Crippen molar-refractivity contribution in [2.45, 2.75) is 0 Å². The zero-order valence-corrected chi connectivity index (χ0v) is 8.28. The summed E-state index contributed by atoms with van der Waals surface area (Å²) in [6.45, 7) is 0. The Labute approximate surface area is 91.8 Å². The third-order valence-corrected chi connectivity index (χ3v) is 1.89. The van der Waals surface area contributed by atoms with Crippen LogP contribution in [0.1, 0.15) is 5.56 Å². The van der Waals surface area contributed by atoms with Crippen LogP contribution in [-0.4, -0.2) is 26.4 Å². The maximum absolute atomic E-state index is 9.48. The van der Waals surface area contributed by atoms with Crippen molar-refractivity contribution in [3.63, 3.8) is 0 Å². The summed E-state index contributed by atoms with van der Waals surface area (Å²) in [4.78, 5) is 11.8. The maximum Gasteiger partial charge on any atom is 0.249 e. The average Bonchev–Trinajstić information content (AvgIpc) is 2.29. The highest BCUT2D eigenvalue weighted by Gasteiger charge is 1.99. The van der Waals surface area contributed by atoms with Gasteiger partial charge in [-0.05, 0) is 18.2 Å². The highest BCUT2D eigenvalue weighted by molar-refractivity contribution is 5.84. The quantitative estimate of drug-likeness (QED) is 0.746. The zero-order valence-electron chi connectivity index (χ0n) is 8.28. The van der Waals surface area contributed by atoms with Gasteiger partial charge in [0.25, 0.3) is 0 Å². The summed E-state index contributed by atoms with van der Waals surface area (Å²) in [6, 6.07) is 5.95. The van der Waals surface area contributed by atoms with Crippen molar-refractivity contribution in [1.29, 1.82) is 0 Å². The normalized spacial score (nSPS) is 10.8. The van der Waals surface area contributed by atoms with E-state index in [9.17, 15) is 5.11 Å². The molecule has 0 radical (unpaired) electrons. The van der Waals surface area contributed by atoms with Crippen molar-refractivity contribution in [2.24, 2.45) is 4.99 Å². The fourth-order valence-corrected chi connectivity index (χ4v) is 1.13. The van der Waals surface area contributed by atoms with Gasteiger partial charge in [0.05, 0.1) is 0 Å². The predicted molar refractivity (Wildman–Crippen MR) is 59.1 cm³/mol. The first-order valence-corrected chi connectivity index (χ1v) is 4.59. The van der Waals surface area contributed by atoms with Crippen molar-refractivity contribution >= 4 is 12.2 Å². The molecule has 0 aliphatic rings. The van der Waals surface area contributed by atoms with Crippen LogP contribution in [0.5, 0.6) is 11.5 Å². The fourth-order valence-electron chi connectivity index (χ4n) is 1.13. The number of phenolic OH excluding ortho intramolecular Hbond substituents is 2. The number of aromatic hydroxyl groups is 2. The Balaban J connectivity index is 2.24. The number of phenols is 2. The summed E-state index contributed by atoms with van der Waals surface area (Å²) in [5.74, 6) is 0.278. The summed E-state index contributed by atoms with van der Waals surface area (Å²) in [6.07, 6.45) is 4.59. The molecule has 2 N–H and O–H groups in total. The van der Waals surface area contributed by atoms with Crippen molar-refractivity contribution in [2.75, 3.05) is 0 Å². The lowest BCUT2D eigenvalue weighted by Gasteiger charge is -1.98. The van der Waals surface area contributed by atoms with E-state index in [1.54, 1.807) is 24.5 Å². The Morgan fingerprint density at radius 3 is 2.56 bits per heavy atom. The monoisotopic (exact) mass is 215 g/mol. The number of aromatic nitrogens is 2. The minimum Gasteiger partial charge on any atom is -0.508 e. The van der Waals surface area contributed by atoms with Crippen molar-refractivity contribution in [3.8, 4) is 11.5 Å². The van der Waals surface area contributed by atoms with Crippen LogP contribution in [0.2, 0.25) is 0 Å². The topological polar surface area (TPSA) is 78.6 Å². The average molecular weight is 215 g/mol. The molecular weight excluding hydrogens is 206 g/mol.